The van der Waals surface area contributed by atoms with Gasteiger partial charge in [0.1, 0.15) is 10.7 Å². The van der Waals surface area contributed by atoms with Crippen LogP contribution >= 0.6 is 11.6 Å². The van der Waals surface area contributed by atoms with Gasteiger partial charge in [0.2, 0.25) is 11.6 Å². The number of benzene rings is 3. The molecule has 4 aromatic rings. The fourth-order valence-electron chi connectivity index (χ4n) is 3.95. The van der Waals surface area contributed by atoms with E-state index in [2.05, 4.69) is 15.6 Å². The van der Waals surface area contributed by atoms with Crippen molar-refractivity contribution in [2.24, 2.45) is 0 Å². The summed E-state index contributed by atoms with van der Waals surface area (Å²) in [5, 5.41) is 6.74. The minimum absolute atomic E-state index is 0.0884. The van der Waals surface area contributed by atoms with Gasteiger partial charge >= 0.3 is 0 Å². The van der Waals surface area contributed by atoms with Gasteiger partial charge in [0, 0.05) is 34.8 Å². The maximum atomic E-state index is 12.9. The van der Waals surface area contributed by atoms with Gasteiger partial charge in [0.25, 0.3) is 5.91 Å². The lowest BCUT2D eigenvalue weighted by atomic mass is 9.92. The molecule has 33 heavy (non-hydrogen) atoms. The minimum Gasteiger partial charge on any atom is -0.376 e. The van der Waals surface area contributed by atoms with Crippen molar-refractivity contribution < 1.29 is 14.4 Å². The van der Waals surface area contributed by atoms with Crippen LogP contribution in [0.25, 0.3) is 10.9 Å². The molecule has 162 valence electrons. The van der Waals surface area contributed by atoms with E-state index in [1.54, 1.807) is 48.7 Å². The molecule has 0 saturated carbocycles. The number of aromatic amines is 1. The topological polar surface area (TPSA) is 91.1 Å². The average molecular weight is 456 g/mol. The fraction of sp³-hybridized carbons (Fsp3) is 0.0385. The quantitative estimate of drug-likeness (QED) is 0.393. The molecule has 1 aliphatic carbocycles. The van der Waals surface area contributed by atoms with Crippen LogP contribution in [0.1, 0.15) is 36.6 Å². The Kier molecular flexibility index (Phi) is 5.28. The number of ketones is 2. The molecular formula is C26H18ClN3O3. The Morgan fingerprint density at radius 2 is 1.55 bits per heavy atom. The van der Waals surface area contributed by atoms with Gasteiger partial charge in [-0.2, -0.15) is 0 Å². The third kappa shape index (κ3) is 3.70. The van der Waals surface area contributed by atoms with Crippen molar-refractivity contribution in [1.29, 1.82) is 0 Å². The van der Waals surface area contributed by atoms with E-state index in [0.29, 0.717) is 22.4 Å². The van der Waals surface area contributed by atoms with Crippen LogP contribution in [-0.4, -0.2) is 22.5 Å². The minimum atomic E-state index is -0.375. The Morgan fingerprint density at radius 1 is 0.848 bits per heavy atom. The normalized spacial score (nSPS) is 13.2. The van der Waals surface area contributed by atoms with Gasteiger partial charge in [-0.3, -0.25) is 14.4 Å². The molecule has 3 aromatic carbocycles. The van der Waals surface area contributed by atoms with Crippen LogP contribution in [0.4, 0.5) is 5.69 Å². The van der Waals surface area contributed by atoms with E-state index in [9.17, 15) is 14.4 Å². The van der Waals surface area contributed by atoms with Crippen LogP contribution in [0.3, 0.4) is 0 Å². The van der Waals surface area contributed by atoms with Crippen molar-refractivity contribution in [1.82, 2.24) is 10.3 Å². The predicted octanol–water partition coefficient (Wildman–Crippen LogP) is 5.04. The number of amides is 1. The average Bonchev–Trinajstić information content (AvgIpc) is 3.35. The number of hydrogen-bond donors (Lipinski definition) is 3. The van der Waals surface area contributed by atoms with E-state index in [4.69, 9.17) is 11.6 Å². The number of carbonyl (C=O) groups excluding carboxylic acids is 3. The summed E-state index contributed by atoms with van der Waals surface area (Å²) >= 11 is 6.25. The first-order chi connectivity index (χ1) is 16.0. The summed E-state index contributed by atoms with van der Waals surface area (Å²) in [5.41, 5.74) is 3.57. The molecule has 0 atom stereocenters. The SMILES string of the molecule is O=C(Nc1ccc(CNC2=C(Cl)C(=O)c3ccccc3C2=O)c2cc[nH]c12)c1ccccc1. The highest BCUT2D eigenvalue weighted by atomic mass is 35.5. The van der Waals surface area contributed by atoms with Crippen LogP contribution < -0.4 is 10.6 Å². The molecule has 1 amide bonds. The maximum absolute atomic E-state index is 12.9. The number of Topliss-reactive ketones (excluding diaryl/α,β-unsaturated/α-hetero) is 2. The second-order valence-corrected chi connectivity index (χ2v) is 7.98. The number of anilines is 1. The summed E-state index contributed by atoms with van der Waals surface area (Å²) in [4.78, 5) is 41.2. The Morgan fingerprint density at radius 3 is 2.30 bits per heavy atom. The molecule has 1 aliphatic rings. The molecule has 5 rings (SSSR count). The highest BCUT2D eigenvalue weighted by molar-refractivity contribution is 6.49. The number of carbonyl (C=O) groups is 3. The number of fused-ring (bicyclic) bond motifs is 2. The van der Waals surface area contributed by atoms with Crippen molar-refractivity contribution >= 4 is 45.7 Å². The molecule has 0 aliphatic heterocycles. The number of aromatic nitrogens is 1. The molecule has 0 radical (unpaired) electrons. The predicted molar refractivity (Wildman–Crippen MR) is 128 cm³/mol. The molecule has 1 heterocycles. The summed E-state index contributed by atoms with van der Waals surface area (Å²) in [7, 11) is 0. The van der Waals surface area contributed by atoms with E-state index >= 15 is 0 Å². The zero-order valence-corrected chi connectivity index (χ0v) is 18.1. The Hall–Kier alpha value is -4.16. The summed E-state index contributed by atoms with van der Waals surface area (Å²) in [6, 6.07) is 21.2. The maximum Gasteiger partial charge on any atom is 0.255 e. The lowest BCUT2D eigenvalue weighted by Gasteiger charge is -2.19. The van der Waals surface area contributed by atoms with Gasteiger partial charge in [-0.05, 0) is 29.8 Å². The van der Waals surface area contributed by atoms with Crippen molar-refractivity contribution in [2.45, 2.75) is 6.54 Å². The van der Waals surface area contributed by atoms with E-state index in [0.717, 1.165) is 16.5 Å². The van der Waals surface area contributed by atoms with Crippen molar-refractivity contribution in [2.75, 3.05) is 5.32 Å². The smallest absolute Gasteiger partial charge is 0.255 e. The van der Waals surface area contributed by atoms with Crippen molar-refractivity contribution in [3.8, 4) is 0 Å². The first kappa shape index (κ1) is 20.7. The third-order valence-corrected chi connectivity index (χ3v) is 5.98. The van der Waals surface area contributed by atoms with Crippen LogP contribution in [0, 0.1) is 0 Å². The van der Waals surface area contributed by atoms with E-state index < -0.39 is 0 Å². The van der Waals surface area contributed by atoms with Crippen LogP contribution in [-0.2, 0) is 6.54 Å². The first-order valence-electron chi connectivity index (χ1n) is 10.3. The molecule has 0 saturated heterocycles. The molecule has 7 heteroatoms. The van der Waals surface area contributed by atoms with Crippen LogP contribution in [0.2, 0.25) is 0 Å². The van der Waals surface area contributed by atoms with E-state index in [1.165, 1.54) is 0 Å². The molecule has 6 nitrogen and oxygen atoms in total. The van der Waals surface area contributed by atoms with Gasteiger partial charge in [0.15, 0.2) is 0 Å². The standard InChI is InChI=1S/C26H18ClN3O3/c27-21-23(25(32)19-9-5-4-8-18(19)24(21)31)29-14-16-10-11-20(22-17(16)12-13-28-22)30-26(33)15-6-2-1-3-7-15/h1-13,28-29H,14H2,(H,30,33). The monoisotopic (exact) mass is 455 g/mol. The van der Waals surface area contributed by atoms with E-state index in [-0.39, 0.29) is 34.7 Å². The molecule has 1 aromatic heterocycles. The molecular weight excluding hydrogens is 438 g/mol. The molecule has 0 fully saturated rings. The lowest BCUT2D eigenvalue weighted by molar-refractivity contribution is 0.0974. The van der Waals surface area contributed by atoms with Gasteiger partial charge in [-0.25, -0.2) is 0 Å². The summed E-state index contributed by atoms with van der Waals surface area (Å²) in [6.07, 6.45) is 1.78. The zero-order valence-electron chi connectivity index (χ0n) is 17.3. The Bertz CT molecular complexity index is 1450. The molecule has 3 N–H and O–H groups in total. The van der Waals surface area contributed by atoms with Gasteiger partial charge in [-0.1, -0.05) is 60.1 Å². The second-order valence-electron chi connectivity index (χ2n) is 7.61. The zero-order chi connectivity index (χ0) is 22.9. The lowest BCUT2D eigenvalue weighted by Crippen LogP contribution is -2.28. The largest absolute Gasteiger partial charge is 0.376 e. The number of H-pyrrole nitrogens is 1. The van der Waals surface area contributed by atoms with Crippen LogP contribution in [0.15, 0.2) is 89.7 Å². The molecule has 0 unspecified atom stereocenters. The van der Waals surface area contributed by atoms with Crippen molar-refractivity contribution in [3.05, 3.63) is 112 Å². The molecule has 0 spiro atoms. The van der Waals surface area contributed by atoms with Crippen molar-refractivity contribution in [3.63, 3.8) is 0 Å². The first-order valence-corrected chi connectivity index (χ1v) is 10.7. The third-order valence-electron chi connectivity index (χ3n) is 5.62. The highest BCUT2D eigenvalue weighted by Crippen LogP contribution is 2.29. The second kappa shape index (κ2) is 8.41. The number of halogens is 1. The van der Waals surface area contributed by atoms with E-state index in [1.807, 2.05) is 30.3 Å². The fourth-order valence-corrected chi connectivity index (χ4v) is 4.20. The van der Waals surface area contributed by atoms with Gasteiger partial charge in [-0.15, -0.1) is 0 Å². The highest BCUT2D eigenvalue weighted by Gasteiger charge is 2.31. The number of rotatable bonds is 5. The van der Waals surface area contributed by atoms with Crippen LogP contribution in [0.5, 0.6) is 0 Å². The number of hydrogen-bond acceptors (Lipinski definition) is 4. The molecule has 0 bridgehead atoms. The number of allylic oxidation sites excluding steroid dienone is 2. The van der Waals surface area contributed by atoms with Gasteiger partial charge < -0.3 is 15.6 Å². The summed E-state index contributed by atoms with van der Waals surface area (Å²) in [6.45, 7) is 0.272. The Labute approximate surface area is 194 Å². The summed E-state index contributed by atoms with van der Waals surface area (Å²) in [5.74, 6) is -0.897. The Balaban J connectivity index is 1.40. The summed E-state index contributed by atoms with van der Waals surface area (Å²) < 4.78 is 0. The number of nitrogens with one attached hydrogen (secondary N) is 3. The van der Waals surface area contributed by atoms with Gasteiger partial charge in [0.05, 0.1) is 11.2 Å².